The molecule has 2 heterocycles. The zero-order valence-electron chi connectivity index (χ0n) is 13.0. The molecule has 2 rings (SSSR count). The Morgan fingerprint density at radius 2 is 2.19 bits per heavy atom. The summed E-state index contributed by atoms with van der Waals surface area (Å²) in [5, 5.41) is 16.1. The molecular weight excluding hydrogens is 266 g/mol. The Morgan fingerprint density at radius 3 is 2.86 bits per heavy atom. The summed E-state index contributed by atoms with van der Waals surface area (Å²) in [5.74, 6) is 0.651. The number of carbonyl (C=O) groups excluding carboxylic acids is 1. The summed E-state index contributed by atoms with van der Waals surface area (Å²) in [6.07, 6.45) is 2.10. The van der Waals surface area contributed by atoms with Gasteiger partial charge in [-0.3, -0.25) is 4.68 Å². The van der Waals surface area contributed by atoms with Gasteiger partial charge in [0.15, 0.2) is 5.69 Å². The molecule has 1 aromatic heterocycles. The summed E-state index contributed by atoms with van der Waals surface area (Å²) in [4.78, 5) is 14.0. The molecule has 1 aliphatic rings. The number of urea groups is 1. The smallest absolute Gasteiger partial charge is 0.318 e. The maximum Gasteiger partial charge on any atom is 0.318 e. The van der Waals surface area contributed by atoms with E-state index in [9.17, 15) is 4.79 Å². The van der Waals surface area contributed by atoms with Crippen molar-refractivity contribution in [3.05, 3.63) is 17.5 Å². The van der Waals surface area contributed by atoms with Gasteiger partial charge in [-0.25, -0.2) is 4.79 Å². The van der Waals surface area contributed by atoms with E-state index < -0.39 is 0 Å². The van der Waals surface area contributed by atoms with Gasteiger partial charge < -0.3 is 10.2 Å². The molecule has 1 atom stereocenters. The number of nitrogens with zero attached hydrogens (tertiary/aromatic N) is 4. The van der Waals surface area contributed by atoms with Crippen molar-refractivity contribution >= 4 is 6.03 Å². The van der Waals surface area contributed by atoms with Crippen LogP contribution in [0.5, 0.6) is 0 Å². The maximum atomic E-state index is 12.3. The lowest BCUT2D eigenvalue weighted by Gasteiger charge is -2.29. The van der Waals surface area contributed by atoms with E-state index in [2.05, 4.69) is 24.3 Å². The summed E-state index contributed by atoms with van der Waals surface area (Å²) in [6.45, 7) is 8.20. The predicted molar refractivity (Wildman–Crippen MR) is 79.4 cm³/mol. The zero-order chi connectivity index (χ0) is 15.4. The first-order valence-electron chi connectivity index (χ1n) is 7.52. The second-order valence-corrected chi connectivity index (χ2v) is 6.10. The highest BCUT2D eigenvalue weighted by molar-refractivity contribution is 5.74. The number of aromatic nitrogens is 2. The Morgan fingerprint density at radius 1 is 1.43 bits per heavy atom. The van der Waals surface area contributed by atoms with E-state index in [4.69, 9.17) is 5.26 Å². The van der Waals surface area contributed by atoms with Crippen LogP contribution in [0.4, 0.5) is 4.79 Å². The van der Waals surface area contributed by atoms with Gasteiger partial charge in [0.2, 0.25) is 0 Å². The highest BCUT2D eigenvalue weighted by Gasteiger charge is 2.23. The molecule has 0 bridgehead atoms. The molecule has 1 aliphatic heterocycles. The molecule has 6 heteroatoms. The topological polar surface area (TPSA) is 74.0 Å². The summed E-state index contributed by atoms with van der Waals surface area (Å²) >= 11 is 0. The summed E-state index contributed by atoms with van der Waals surface area (Å²) < 4.78 is 1.81. The number of carbonyl (C=O) groups is 1. The van der Waals surface area contributed by atoms with E-state index in [1.807, 2.05) is 17.7 Å². The molecule has 1 N–H and O–H groups in total. The molecule has 6 nitrogen and oxygen atoms in total. The first kappa shape index (κ1) is 15.4. The standard InChI is InChI=1S/C15H23N5O/c1-11(2)4-5-12(3)17-15(21)19-6-7-20-14(10-19)8-13(9-16)18-20/h8,11-12H,4-7,10H2,1-3H3,(H,17,21)/t12-/m1/s1. The van der Waals surface area contributed by atoms with Crippen LogP contribution in [0, 0.1) is 17.2 Å². The molecule has 1 aromatic rings. The quantitative estimate of drug-likeness (QED) is 0.922. The molecule has 0 unspecified atom stereocenters. The fraction of sp³-hybridized carbons (Fsp3) is 0.667. The van der Waals surface area contributed by atoms with E-state index in [0.717, 1.165) is 18.5 Å². The lowest BCUT2D eigenvalue weighted by atomic mass is 10.0. The number of hydrogen-bond acceptors (Lipinski definition) is 3. The first-order valence-corrected chi connectivity index (χ1v) is 7.52. The number of nitrogens with one attached hydrogen (secondary N) is 1. The Balaban J connectivity index is 1.88. The summed E-state index contributed by atoms with van der Waals surface area (Å²) in [5.41, 5.74) is 1.33. The number of fused-ring (bicyclic) bond motifs is 1. The van der Waals surface area contributed by atoms with Crippen molar-refractivity contribution in [3.63, 3.8) is 0 Å². The lowest BCUT2D eigenvalue weighted by Crippen LogP contribution is -2.47. The average molecular weight is 289 g/mol. The highest BCUT2D eigenvalue weighted by atomic mass is 16.2. The van der Waals surface area contributed by atoms with Crippen LogP contribution in [0.1, 0.15) is 45.0 Å². The van der Waals surface area contributed by atoms with Crippen molar-refractivity contribution in [1.82, 2.24) is 20.0 Å². The van der Waals surface area contributed by atoms with Gasteiger partial charge in [0.05, 0.1) is 18.8 Å². The molecule has 0 aliphatic carbocycles. The molecule has 114 valence electrons. The van der Waals surface area contributed by atoms with Gasteiger partial charge in [0.25, 0.3) is 0 Å². The van der Waals surface area contributed by atoms with Crippen LogP contribution in [-0.2, 0) is 13.1 Å². The number of rotatable bonds is 4. The van der Waals surface area contributed by atoms with E-state index in [1.165, 1.54) is 0 Å². The van der Waals surface area contributed by atoms with E-state index >= 15 is 0 Å². The van der Waals surface area contributed by atoms with Crippen LogP contribution in [-0.4, -0.2) is 33.3 Å². The van der Waals surface area contributed by atoms with Crippen LogP contribution >= 0.6 is 0 Å². The minimum atomic E-state index is -0.0304. The number of hydrogen-bond donors (Lipinski definition) is 1. The fourth-order valence-electron chi connectivity index (χ4n) is 2.45. The van der Waals surface area contributed by atoms with Gasteiger partial charge in [-0.05, 0) is 31.7 Å². The molecule has 0 radical (unpaired) electrons. The Kier molecular flexibility index (Phi) is 4.84. The summed E-state index contributed by atoms with van der Waals surface area (Å²) in [6, 6.07) is 3.94. The third kappa shape index (κ3) is 3.97. The third-order valence-corrected chi connectivity index (χ3v) is 3.75. The normalized spacial score (nSPS) is 15.5. The molecule has 2 amide bonds. The van der Waals surface area contributed by atoms with Crippen molar-refractivity contribution in [2.75, 3.05) is 6.54 Å². The lowest BCUT2D eigenvalue weighted by molar-refractivity contribution is 0.177. The highest BCUT2D eigenvalue weighted by Crippen LogP contribution is 2.14. The minimum absolute atomic E-state index is 0.0304. The molecular formula is C15H23N5O. The van der Waals surface area contributed by atoms with Crippen LogP contribution in [0.25, 0.3) is 0 Å². The van der Waals surface area contributed by atoms with E-state index in [0.29, 0.717) is 31.2 Å². The van der Waals surface area contributed by atoms with Crippen molar-refractivity contribution in [2.45, 2.75) is 52.7 Å². The van der Waals surface area contributed by atoms with Gasteiger partial charge in [0, 0.05) is 12.6 Å². The zero-order valence-corrected chi connectivity index (χ0v) is 13.0. The van der Waals surface area contributed by atoms with Gasteiger partial charge in [-0.15, -0.1) is 0 Å². The fourth-order valence-corrected chi connectivity index (χ4v) is 2.45. The molecule has 0 spiro atoms. The molecule has 0 fully saturated rings. The van der Waals surface area contributed by atoms with Gasteiger partial charge >= 0.3 is 6.03 Å². The van der Waals surface area contributed by atoms with Gasteiger partial charge in [-0.1, -0.05) is 13.8 Å². The largest absolute Gasteiger partial charge is 0.336 e. The maximum absolute atomic E-state index is 12.3. The van der Waals surface area contributed by atoms with Crippen molar-refractivity contribution < 1.29 is 4.79 Å². The predicted octanol–water partition coefficient (Wildman–Crippen LogP) is 2.10. The second kappa shape index (κ2) is 6.61. The van der Waals surface area contributed by atoms with Gasteiger partial charge in [-0.2, -0.15) is 10.4 Å². The van der Waals surface area contributed by atoms with Crippen molar-refractivity contribution in [2.24, 2.45) is 5.92 Å². The Hall–Kier alpha value is -2.03. The number of amides is 2. The van der Waals surface area contributed by atoms with Crippen molar-refractivity contribution in [1.29, 1.82) is 5.26 Å². The van der Waals surface area contributed by atoms with E-state index in [-0.39, 0.29) is 12.1 Å². The Bertz CT molecular complexity index is 543. The molecule has 0 saturated heterocycles. The van der Waals surface area contributed by atoms with Gasteiger partial charge in [0.1, 0.15) is 6.07 Å². The molecule has 0 aromatic carbocycles. The second-order valence-electron chi connectivity index (χ2n) is 6.10. The van der Waals surface area contributed by atoms with Crippen LogP contribution in [0.2, 0.25) is 0 Å². The van der Waals surface area contributed by atoms with Crippen LogP contribution in [0.15, 0.2) is 6.07 Å². The van der Waals surface area contributed by atoms with Crippen LogP contribution < -0.4 is 5.32 Å². The van der Waals surface area contributed by atoms with Crippen LogP contribution in [0.3, 0.4) is 0 Å². The minimum Gasteiger partial charge on any atom is -0.336 e. The monoisotopic (exact) mass is 289 g/mol. The average Bonchev–Trinajstić information content (AvgIpc) is 2.87. The number of nitriles is 1. The Labute approximate surface area is 125 Å². The first-order chi connectivity index (χ1) is 9.99. The molecule has 21 heavy (non-hydrogen) atoms. The molecule has 0 saturated carbocycles. The van der Waals surface area contributed by atoms with E-state index in [1.54, 1.807) is 11.0 Å². The third-order valence-electron chi connectivity index (χ3n) is 3.75. The van der Waals surface area contributed by atoms with Crippen molar-refractivity contribution in [3.8, 4) is 6.07 Å². The SMILES string of the molecule is CC(C)CC[C@@H](C)NC(=O)N1CCn2nc(C#N)cc2C1. The summed E-state index contributed by atoms with van der Waals surface area (Å²) in [7, 11) is 0.